The molecule has 0 unspecified atom stereocenters. The topological polar surface area (TPSA) is 114 Å². The van der Waals surface area contributed by atoms with Crippen molar-refractivity contribution in [2.24, 2.45) is 11.7 Å². The third kappa shape index (κ3) is 3.77. The zero-order valence-corrected chi connectivity index (χ0v) is 17.7. The third-order valence-corrected chi connectivity index (χ3v) is 5.94. The summed E-state index contributed by atoms with van der Waals surface area (Å²) in [5, 5.41) is 4.92. The van der Waals surface area contributed by atoms with Crippen molar-refractivity contribution in [3.63, 3.8) is 0 Å². The quantitative estimate of drug-likeness (QED) is 0.553. The maximum absolute atomic E-state index is 14.4. The van der Waals surface area contributed by atoms with Crippen molar-refractivity contribution in [1.82, 2.24) is 24.8 Å². The Morgan fingerprint density at radius 2 is 2.06 bits per heavy atom. The summed E-state index contributed by atoms with van der Waals surface area (Å²) in [5.74, 6) is -1.54. The number of primary amides is 1. The van der Waals surface area contributed by atoms with Crippen LogP contribution in [0.4, 0.5) is 4.48 Å². The number of halogens is 1. The highest BCUT2D eigenvalue weighted by molar-refractivity contribution is 6.04. The zero-order valence-electron chi connectivity index (χ0n) is 17.7. The number of carbonyl (C=O) groups is 3. The van der Waals surface area contributed by atoms with Gasteiger partial charge in [-0.2, -0.15) is 10.2 Å². The molecule has 2 fully saturated rings. The van der Waals surface area contributed by atoms with E-state index in [0.717, 1.165) is 12.0 Å². The molecule has 31 heavy (non-hydrogen) atoms. The van der Waals surface area contributed by atoms with Crippen LogP contribution < -0.4 is 5.73 Å². The minimum absolute atomic E-state index is 0.0586. The standard InChI is InChI=1S/C21H25FN6O3/c1-11(2)5-7-26(22)21(31)16-9-13-8-15(13)28(16)17(29)10-27-19-12(3)24-6-4-14(19)18(25-27)20(23)30/h4-6,13,15-16H,7-10H2,1-3H3,(H2,23,30)/t13-,15-,16+/m1/s1. The monoisotopic (exact) mass is 428 g/mol. The molecule has 9 nitrogen and oxygen atoms in total. The lowest BCUT2D eigenvalue weighted by atomic mass is 10.1. The predicted octanol–water partition coefficient (Wildman–Crippen LogP) is 1.51. The fourth-order valence-electron chi connectivity index (χ4n) is 4.36. The second-order valence-corrected chi connectivity index (χ2v) is 8.44. The number of carbonyl (C=O) groups excluding carboxylic acids is 3. The number of aryl methyl sites for hydroxylation is 1. The van der Waals surface area contributed by atoms with Crippen LogP contribution >= 0.6 is 0 Å². The number of pyridine rings is 1. The van der Waals surface area contributed by atoms with Gasteiger partial charge in [0.1, 0.15) is 12.6 Å². The molecule has 2 aromatic rings. The molecule has 4 rings (SSSR count). The molecule has 2 aromatic heterocycles. The number of allylic oxidation sites excluding steroid dienone is 1. The van der Waals surface area contributed by atoms with Crippen LogP contribution in [-0.4, -0.2) is 61.1 Å². The first-order valence-electron chi connectivity index (χ1n) is 10.2. The van der Waals surface area contributed by atoms with Crippen molar-refractivity contribution in [1.29, 1.82) is 0 Å². The van der Waals surface area contributed by atoms with Crippen molar-refractivity contribution >= 4 is 28.6 Å². The highest BCUT2D eigenvalue weighted by Gasteiger charge is 2.56. The number of hydrogen-bond acceptors (Lipinski definition) is 5. The maximum Gasteiger partial charge on any atom is 0.273 e. The Bertz CT molecular complexity index is 1110. The number of fused-ring (bicyclic) bond motifs is 2. The van der Waals surface area contributed by atoms with E-state index in [1.807, 2.05) is 13.8 Å². The van der Waals surface area contributed by atoms with E-state index in [9.17, 15) is 18.9 Å². The molecule has 0 aromatic carbocycles. The smallest absolute Gasteiger partial charge is 0.273 e. The number of nitrogens with two attached hydrogens (primary N) is 1. The first-order valence-corrected chi connectivity index (χ1v) is 10.2. The highest BCUT2D eigenvalue weighted by Crippen LogP contribution is 2.48. The van der Waals surface area contributed by atoms with E-state index in [4.69, 9.17) is 5.73 Å². The van der Waals surface area contributed by atoms with Gasteiger partial charge >= 0.3 is 0 Å². The summed E-state index contributed by atoms with van der Waals surface area (Å²) in [4.78, 5) is 43.4. The Hall–Kier alpha value is -3.30. The molecule has 0 radical (unpaired) electrons. The lowest BCUT2D eigenvalue weighted by molar-refractivity contribution is -0.155. The molecule has 10 heteroatoms. The summed E-state index contributed by atoms with van der Waals surface area (Å²) >= 11 is 0. The Labute approximate surface area is 178 Å². The van der Waals surface area contributed by atoms with E-state index in [2.05, 4.69) is 10.1 Å². The minimum Gasteiger partial charge on any atom is -0.364 e. The van der Waals surface area contributed by atoms with E-state index in [0.29, 0.717) is 23.0 Å². The molecule has 2 N–H and O–H groups in total. The maximum atomic E-state index is 14.4. The number of likely N-dealkylation sites (tertiary alicyclic amines) is 1. The van der Waals surface area contributed by atoms with Gasteiger partial charge in [0, 0.05) is 17.6 Å². The van der Waals surface area contributed by atoms with E-state index in [1.165, 1.54) is 9.58 Å². The molecule has 2 aliphatic rings. The van der Waals surface area contributed by atoms with Gasteiger partial charge in [0.15, 0.2) is 5.69 Å². The molecular weight excluding hydrogens is 403 g/mol. The predicted molar refractivity (Wildman–Crippen MR) is 110 cm³/mol. The van der Waals surface area contributed by atoms with E-state index in [1.54, 1.807) is 25.3 Å². The van der Waals surface area contributed by atoms with Crippen LogP contribution in [0.5, 0.6) is 0 Å². The van der Waals surface area contributed by atoms with Crippen molar-refractivity contribution in [2.45, 2.75) is 52.2 Å². The molecule has 1 saturated carbocycles. The normalized spacial score (nSPS) is 21.7. The molecule has 164 valence electrons. The van der Waals surface area contributed by atoms with Gasteiger partial charge in [-0.1, -0.05) is 16.1 Å². The number of rotatable bonds is 6. The molecule has 1 saturated heterocycles. The molecule has 3 heterocycles. The summed E-state index contributed by atoms with van der Waals surface area (Å²) < 4.78 is 15.8. The number of piperidine rings is 1. The number of amides is 3. The number of hydrogen-bond donors (Lipinski definition) is 1. The molecule has 0 spiro atoms. The van der Waals surface area contributed by atoms with Gasteiger partial charge in [-0.05, 0) is 45.6 Å². The van der Waals surface area contributed by atoms with Crippen molar-refractivity contribution in [3.05, 3.63) is 35.3 Å². The molecule has 0 bridgehead atoms. The Balaban J connectivity index is 1.59. The van der Waals surface area contributed by atoms with E-state index < -0.39 is 17.9 Å². The fourth-order valence-corrected chi connectivity index (χ4v) is 4.36. The summed E-state index contributed by atoms with van der Waals surface area (Å²) in [6.45, 7) is 5.06. The van der Waals surface area contributed by atoms with Gasteiger partial charge < -0.3 is 10.6 Å². The Kier molecular flexibility index (Phi) is 5.24. The van der Waals surface area contributed by atoms with Gasteiger partial charge in [-0.3, -0.25) is 24.0 Å². The van der Waals surface area contributed by atoms with Crippen LogP contribution in [0.3, 0.4) is 0 Å². The largest absolute Gasteiger partial charge is 0.364 e. The zero-order chi connectivity index (χ0) is 22.4. The number of nitrogens with zero attached hydrogens (tertiary/aromatic N) is 5. The average molecular weight is 428 g/mol. The molecule has 1 aliphatic heterocycles. The van der Waals surface area contributed by atoms with E-state index in [-0.39, 0.29) is 41.8 Å². The summed E-state index contributed by atoms with van der Waals surface area (Å²) in [6.07, 6.45) is 4.43. The lowest BCUT2D eigenvalue weighted by Crippen LogP contribution is -2.48. The SMILES string of the molecule is CC(C)=CCN(F)C(=O)[C@@H]1C[C@H]2C[C@H]2N1C(=O)Cn1nc(C(N)=O)c2ccnc(C)c21. The third-order valence-electron chi connectivity index (χ3n) is 5.94. The van der Waals surface area contributed by atoms with Gasteiger partial charge in [-0.25, -0.2) is 0 Å². The lowest BCUT2D eigenvalue weighted by Gasteiger charge is -2.28. The van der Waals surface area contributed by atoms with Crippen LogP contribution in [-0.2, 0) is 16.1 Å². The van der Waals surface area contributed by atoms with Gasteiger partial charge in [-0.15, -0.1) is 0 Å². The number of aromatic nitrogens is 3. The van der Waals surface area contributed by atoms with Crippen LogP contribution in [0.2, 0.25) is 0 Å². The second kappa shape index (κ2) is 7.75. The van der Waals surface area contributed by atoms with Gasteiger partial charge in [0.05, 0.1) is 17.8 Å². The molecule has 3 atom stereocenters. The molecule has 1 aliphatic carbocycles. The average Bonchev–Trinajstić information content (AvgIpc) is 3.20. The van der Waals surface area contributed by atoms with Crippen LogP contribution in [0, 0.1) is 12.8 Å². The van der Waals surface area contributed by atoms with Gasteiger partial charge in [0.25, 0.3) is 11.8 Å². The summed E-state index contributed by atoms with van der Waals surface area (Å²) in [7, 11) is 0. The van der Waals surface area contributed by atoms with E-state index >= 15 is 0 Å². The van der Waals surface area contributed by atoms with Crippen molar-refractivity contribution in [2.75, 3.05) is 6.54 Å². The Morgan fingerprint density at radius 3 is 2.74 bits per heavy atom. The molecule has 3 amide bonds. The van der Waals surface area contributed by atoms with Gasteiger partial charge in [0.2, 0.25) is 5.91 Å². The first kappa shape index (κ1) is 21.0. The minimum atomic E-state index is -0.830. The van der Waals surface area contributed by atoms with Crippen molar-refractivity contribution in [3.8, 4) is 0 Å². The Morgan fingerprint density at radius 1 is 1.32 bits per heavy atom. The van der Waals surface area contributed by atoms with Crippen LogP contribution in [0.25, 0.3) is 10.9 Å². The van der Waals surface area contributed by atoms with Crippen LogP contribution in [0.1, 0.15) is 42.9 Å². The summed E-state index contributed by atoms with van der Waals surface area (Å²) in [5.41, 5.74) is 7.54. The first-order chi connectivity index (χ1) is 14.7. The molecular formula is C21H25FN6O3. The summed E-state index contributed by atoms with van der Waals surface area (Å²) in [6, 6.07) is 0.734. The second-order valence-electron chi connectivity index (χ2n) is 8.44. The van der Waals surface area contributed by atoms with Crippen molar-refractivity contribution < 1.29 is 18.9 Å². The van der Waals surface area contributed by atoms with Crippen LogP contribution in [0.15, 0.2) is 23.9 Å². The highest BCUT2D eigenvalue weighted by atomic mass is 19.2. The fraction of sp³-hybridized carbons (Fsp3) is 0.476.